The first-order valence-electron chi connectivity index (χ1n) is 9.12. The number of rotatable bonds is 2. The van der Waals surface area contributed by atoms with E-state index in [4.69, 9.17) is 0 Å². The highest BCUT2D eigenvalue weighted by Gasteiger charge is 2.23. The summed E-state index contributed by atoms with van der Waals surface area (Å²) in [7, 11) is 0. The molecule has 3 aromatic rings. The van der Waals surface area contributed by atoms with Gasteiger partial charge in [0, 0.05) is 41.9 Å². The summed E-state index contributed by atoms with van der Waals surface area (Å²) in [6.45, 7) is 3.17. The SMILES string of the molecule is Cc1nc2c(c(-c3ccc(O)cc3)n1)CCN(C(=O)c1ccccc1)CC2. The fourth-order valence-corrected chi connectivity index (χ4v) is 3.55. The van der Waals surface area contributed by atoms with E-state index in [1.54, 1.807) is 12.1 Å². The maximum absolute atomic E-state index is 12.8. The molecule has 136 valence electrons. The third kappa shape index (κ3) is 3.53. The number of aryl methyl sites for hydroxylation is 1. The van der Waals surface area contributed by atoms with Crippen LogP contribution in [0.15, 0.2) is 54.6 Å². The summed E-state index contributed by atoms with van der Waals surface area (Å²) in [5, 5.41) is 9.57. The van der Waals surface area contributed by atoms with E-state index in [0.717, 1.165) is 28.3 Å². The number of hydrogen-bond acceptors (Lipinski definition) is 4. The molecule has 0 unspecified atom stereocenters. The van der Waals surface area contributed by atoms with Crippen molar-refractivity contribution in [3.8, 4) is 17.0 Å². The minimum absolute atomic E-state index is 0.0549. The number of aromatic nitrogens is 2. The van der Waals surface area contributed by atoms with E-state index < -0.39 is 0 Å². The van der Waals surface area contributed by atoms with Crippen molar-refractivity contribution in [2.75, 3.05) is 13.1 Å². The lowest BCUT2D eigenvalue weighted by Gasteiger charge is -2.20. The van der Waals surface area contributed by atoms with Crippen molar-refractivity contribution >= 4 is 5.91 Å². The lowest BCUT2D eigenvalue weighted by atomic mass is 10.0. The minimum Gasteiger partial charge on any atom is -0.508 e. The van der Waals surface area contributed by atoms with Crippen LogP contribution in [0.4, 0.5) is 0 Å². The van der Waals surface area contributed by atoms with Crippen LogP contribution in [0, 0.1) is 6.92 Å². The molecule has 1 N–H and O–H groups in total. The van der Waals surface area contributed by atoms with E-state index in [9.17, 15) is 9.90 Å². The average molecular weight is 359 g/mol. The number of aromatic hydroxyl groups is 1. The van der Waals surface area contributed by atoms with Gasteiger partial charge in [-0.1, -0.05) is 18.2 Å². The molecule has 0 bridgehead atoms. The van der Waals surface area contributed by atoms with Gasteiger partial charge in [0.05, 0.1) is 5.69 Å². The summed E-state index contributed by atoms with van der Waals surface area (Å²) >= 11 is 0. The topological polar surface area (TPSA) is 66.3 Å². The fraction of sp³-hybridized carbons (Fsp3) is 0.227. The molecule has 0 saturated heterocycles. The van der Waals surface area contributed by atoms with Crippen LogP contribution in [0.25, 0.3) is 11.3 Å². The maximum Gasteiger partial charge on any atom is 0.253 e. The number of fused-ring (bicyclic) bond motifs is 1. The number of benzene rings is 2. The van der Waals surface area contributed by atoms with Gasteiger partial charge < -0.3 is 10.0 Å². The van der Waals surface area contributed by atoms with E-state index in [2.05, 4.69) is 9.97 Å². The van der Waals surface area contributed by atoms with Crippen molar-refractivity contribution in [3.05, 3.63) is 77.2 Å². The van der Waals surface area contributed by atoms with Crippen LogP contribution in [0.1, 0.15) is 27.4 Å². The Morgan fingerprint density at radius 1 is 0.963 bits per heavy atom. The molecule has 0 radical (unpaired) electrons. The quantitative estimate of drug-likeness (QED) is 0.762. The molecule has 0 saturated carbocycles. The van der Waals surface area contributed by atoms with Crippen molar-refractivity contribution in [2.24, 2.45) is 0 Å². The van der Waals surface area contributed by atoms with Crippen molar-refractivity contribution < 1.29 is 9.90 Å². The lowest BCUT2D eigenvalue weighted by molar-refractivity contribution is 0.0763. The summed E-state index contributed by atoms with van der Waals surface area (Å²) in [6.07, 6.45) is 1.42. The van der Waals surface area contributed by atoms with E-state index in [0.29, 0.717) is 31.5 Å². The Labute approximate surface area is 158 Å². The predicted octanol–water partition coefficient (Wildman–Crippen LogP) is 3.40. The second-order valence-electron chi connectivity index (χ2n) is 6.75. The highest BCUT2D eigenvalue weighted by atomic mass is 16.3. The van der Waals surface area contributed by atoms with Gasteiger partial charge in [0.25, 0.3) is 5.91 Å². The molecule has 0 aliphatic carbocycles. The van der Waals surface area contributed by atoms with Gasteiger partial charge in [-0.25, -0.2) is 9.97 Å². The Morgan fingerprint density at radius 3 is 2.41 bits per heavy atom. The zero-order valence-electron chi connectivity index (χ0n) is 15.2. The van der Waals surface area contributed by atoms with Crippen LogP contribution < -0.4 is 0 Å². The summed E-state index contributed by atoms with van der Waals surface area (Å²) < 4.78 is 0. The molecular formula is C22H21N3O2. The first-order chi connectivity index (χ1) is 13.1. The van der Waals surface area contributed by atoms with Crippen LogP contribution in [0.3, 0.4) is 0 Å². The van der Waals surface area contributed by atoms with Crippen LogP contribution in [-0.2, 0) is 12.8 Å². The first-order valence-corrected chi connectivity index (χ1v) is 9.12. The highest BCUT2D eigenvalue weighted by molar-refractivity contribution is 5.94. The van der Waals surface area contributed by atoms with Crippen molar-refractivity contribution in [1.29, 1.82) is 0 Å². The van der Waals surface area contributed by atoms with Gasteiger partial charge >= 0.3 is 0 Å². The van der Waals surface area contributed by atoms with Gasteiger partial charge in [0.1, 0.15) is 11.6 Å². The fourth-order valence-electron chi connectivity index (χ4n) is 3.55. The monoisotopic (exact) mass is 359 g/mol. The molecule has 0 fully saturated rings. The van der Waals surface area contributed by atoms with E-state index in [-0.39, 0.29) is 11.7 Å². The normalized spacial score (nSPS) is 13.7. The van der Waals surface area contributed by atoms with Crippen LogP contribution in [0.5, 0.6) is 5.75 Å². The molecule has 1 aliphatic rings. The van der Waals surface area contributed by atoms with E-state index >= 15 is 0 Å². The highest BCUT2D eigenvalue weighted by Crippen LogP contribution is 2.28. The Hall–Kier alpha value is -3.21. The molecule has 1 amide bonds. The van der Waals surface area contributed by atoms with Crippen LogP contribution in [0.2, 0.25) is 0 Å². The van der Waals surface area contributed by atoms with Crippen molar-refractivity contribution in [1.82, 2.24) is 14.9 Å². The van der Waals surface area contributed by atoms with Gasteiger partial charge in [-0.3, -0.25) is 4.79 Å². The van der Waals surface area contributed by atoms with Gasteiger partial charge in [-0.05, 0) is 49.7 Å². The number of nitrogens with zero attached hydrogens (tertiary/aromatic N) is 3. The number of phenolic OH excluding ortho intramolecular Hbond substituents is 1. The van der Waals surface area contributed by atoms with Gasteiger partial charge in [-0.2, -0.15) is 0 Å². The maximum atomic E-state index is 12.8. The molecule has 0 spiro atoms. The Bertz CT molecular complexity index is 969. The number of carbonyl (C=O) groups is 1. The molecule has 27 heavy (non-hydrogen) atoms. The molecular weight excluding hydrogens is 338 g/mol. The smallest absolute Gasteiger partial charge is 0.253 e. The Balaban J connectivity index is 1.65. The molecule has 0 atom stereocenters. The number of carbonyl (C=O) groups excluding carboxylic acids is 1. The van der Waals surface area contributed by atoms with Crippen molar-refractivity contribution in [2.45, 2.75) is 19.8 Å². The predicted molar refractivity (Wildman–Crippen MR) is 104 cm³/mol. The lowest BCUT2D eigenvalue weighted by Crippen LogP contribution is -2.33. The molecule has 1 aromatic heterocycles. The summed E-state index contributed by atoms with van der Waals surface area (Å²) in [6, 6.07) is 16.5. The Morgan fingerprint density at radius 2 is 1.67 bits per heavy atom. The summed E-state index contributed by atoms with van der Waals surface area (Å²) in [5.41, 5.74) is 4.66. The molecule has 2 aromatic carbocycles. The number of phenols is 1. The molecule has 2 heterocycles. The van der Waals surface area contributed by atoms with E-state index in [1.165, 1.54) is 0 Å². The minimum atomic E-state index is 0.0549. The summed E-state index contributed by atoms with van der Waals surface area (Å²) in [5.74, 6) is 1.01. The standard InChI is InChI=1S/C22H21N3O2/c1-15-23-20-12-14-25(22(27)17-5-3-2-4-6-17)13-11-19(20)21(24-15)16-7-9-18(26)10-8-16/h2-10,26H,11-14H2,1H3. The number of amides is 1. The zero-order chi connectivity index (χ0) is 18.8. The van der Waals surface area contributed by atoms with E-state index in [1.807, 2.05) is 54.3 Å². The molecule has 5 heteroatoms. The van der Waals surface area contributed by atoms with Crippen molar-refractivity contribution in [3.63, 3.8) is 0 Å². The Kier molecular flexibility index (Phi) is 4.59. The second kappa shape index (κ2) is 7.19. The molecule has 5 nitrogen and oxygen atoms in total. The van der Waals surface area contributed by atoms with Crippen LogP contribution in [-0.4, -0.2) is 39.0 Å². The van der Waals surface area contributed by atoms with Gasteiger partial charge in [0.15, 0.2) is 0 Å². The first kappa shape index (κ1) is 17.2. The largest absolute Gasteiger partial charge is 0.508 e. The van der Waals surface area contributed by atoms with Gasteiger partial charge in [0.2, 0.25) is 0 Å². The molecule has 1 aliphatic heterocycles. The second-order valence-corrected chi connectivity index (χ2v) is 6.75. The molecule has 4 rings (SSSR count). The third-order valence-corrected chi connectivity index (χ3v) is 4.90. The average Bonchev–Trinajstić information content (AvgIpc) is 2.91. The zero-order valence-corrected chi connectivity index (χ0v) is 15.2. The summed E-state index contributed by atoms with van der Waals surface area (Å²) in [4.78, 5) is 24.0. The van der Waals surface area contributed by atoms with Crippen LogP contribution >= 0.6 is 0 Å². The third-order valence-electron chi connectivity index (χ3n) is 4.90. The van der Waals surface area contributed by atoms with Gasteiger partial charge in [-0.15, -0.1) is 0 Å². The number of hydrogen-bond donors (Lipinski definition) is 1.